The van der Waals surface area contributed by atoms with Gasteiger partial charge in [0.25, 0.3) is 10.1 Å². The van der Waals surface area contributed by atoms with Crippen molar-refractivity contribution in [2.75, 3.05) is 5.32 Å². The van der Waals surface area contributed by atoms with E-state index in [1.807, 2.05) is 18.2 Å². The van der Waals surface area contributed by atoms with Gasteiger partial charge < -0.3 is 5.32 Å². The number of para-hydroxylation sites is 1. The van der Waals surface area contributed by atoms with Crippen LogP contribution in [0.1, 0.15) is 0 Å². The molecule has 0 aliphatic heterocycles. The lowest BCUT2D eigenvalue weighted by Gasteiger charge is -2.11. The van der Waals surface area contributed by atoms with Gasteiger partial charge in [-0.05, 0) is 30.3 Å². The molecule has 0 saturated carbocycles. The first-order valence-electron chi connectivity index (χ1n) is 7.56. The van der Waals surface area contributed by atoms with Gasteiger partial charge in [0.2, 0.25) is 0 Å². The van der Waals surface area contributed by atoms with Crippen molar-refractivity contribution in [2.24, 2.45) is 0 Å². The molecule has 0 spiro atoms. The van der Waals surface area contributed by atoms with Crippen LogP contribution in [0, 0.1) is 34.0 Å². The first-order chi connectivity index (χ1) is 13.4. The quantitative estimate of drug-likeness (QED) is 0.493. The van der Waals surface area contributed by atoms with E-state index in [9.17, 15) is 18.2 Å². The maximum atomic E-state index is 11.5. The first kappa shape index (κ1) is 19.0. The molecule has 3 aromatic rings. The Bertz CT molecular complexity index is 1300. The summed E-state index contributed by atoms with van der Waals surface area (Å²) in [6, 6.07) is 15.9. The van der Waals surface area contributed by atoms with Crippen molar-refractivity contribution < 1.29 is 13.0 Å². The summed E-state index contributed by atoms with van der Waals surface area (Å²) in [5.41, 5.74) is 0.533. The van der Waals surface area contributed by atoms with Gasteiger partial charge >= 0.3 is 0 Å². The van der Waals surface area contributed by atoms with Crippen molar-refractivity contribution in [3.63, 3.8) is 0 Å². The van der Waals surface area contributed by atoms with E-state index < -0.39 is 15.7 Å². The SMILES string of the molecule is N#CC(C#N)=C(C#N)Nc1ccc(S(=O)(=O)O)cc1-c1nc2ccccc2s1. The Kier molecular flexibility index (Phi) is 5.08. The monoisotopic (exact) mass is 407 g/mol. The van der Waals surface area contributed by atoms with Crippen molar-refractivity contribution >= 4 is 37.4 Å². The van der Waals surface area contributed by atoms with Crippen LogP contribution in [0.5, 0.6) is 0 Å². The van der Waals surface area contributed by atoms with Crippen LogP contribution >= 0.6 is 11.3 Å². The van der Waals surface area contributed by atoms with E-state index >= 15 is 0 Å². The average Bonchev–Trinajstić information content (AvgIpc) is 3.11. The third-order valence-corrected chi connectivity index (χ3v) is 5.58. The Labute approximate surface area is 164 Å². The molecule has 1 heterocycles. The van der Waals surface area contributed by atoms with Gasteiger partial charge in [-0.1, -0.05) is 12.1 Å². The molecule has 2 aromatic carbocycles. The third kappa shape index (κ3) is 3.68. The van der Waals surface area contributed by atoms with Crippen molar-refractivity contribution in [3.05, 3.63) is 53.7 Å². The number of nitrogens with one attached hydrogen (secondary N) is 1. The Morgan fingerprint density at radius 3 is 2.39 bits per heavy atom. The number of nitrogens with zero attached hydrogens (tertiary/aromatic N) is 4. The summed E-state index contributed by atoms with van der Waals surface area (Å²) >= 11 is 1.28. The van der Waals surface area contributed by atoms with Crippen molar-refractivity contribution in [1.29, 1.82) is 15.8 Å². The number of nitriles is 3. The molecule has 8 nitrogen and oxygen atoms in total. The standard InChI is InChI=1S/C18H9N5O3S2/c19-8-11(9-20)16(10-21)22-14-6-5-12(28(24,25)26)7-13(14)18-23-15-3-1-2-4-17(15)27-18/h1-7,22H,(H,24,25,26). The van der Waals surface area contributed by atoms with Crippen LogP contribution in [-0.2, 0) is 10.1 Å². The second kappa shape index (κ2) is 7.47. The van der Waals surface area contributed by atoms with Gasteiger partial charge in [0.15, 0.2) is 5.57 Å². The fraction of sp³-hybridized carbons (Fsp3) is 0. The van der Waals surface area contributed by atoms with E-state index in [0.717, 1.165) is 10.8 Å². The molecular weight excluding hydrogens is 398 g/mol. The molecule has 1 aromatic heterocycles. The van der Waals surface area contributed by atoms with Crippen molar-refractivity contribution in [1.82, 2.24) is 4.98 Å². The largest absolute Gasteiger partial charge is 0.345 e. The van der Waals surface area contributed by atoms with Crippen LogP contribution in [0.3, 0.4) is 0 Å². The minimum absolute atomic E-state index is 0.256. The summed E-state index contributed by atoms with van der Waals surface area (Å²) in [5.74, 6) is 0. The lowest BCUT2D eigenvalue weighted by atomic mass is 10.1. The normalized spacial score (nSPS) is 10.5. The molecular formula is C18H9N5O3S2. The number of thiazole rings is 1. The van der Waals surface area contributed by atoms with Gasteiger partial charge in [-0.2, -0.15) is 24.2 Å². The van der Waals surface area contributed by atoms with E-state index in [4.69, 9.17) is 10.5 Å². The highest BCUT2D eigenvalue weighted by molar-refractivity contribution is 7.85. The van der Waals surface area contributed by atoms with E-state index in [2.05, 4.69) is 10.3 Å². The molecule has 0 radical (unpaired) electrons. The van der Waals surface area contributed by atoms with Crippen molar-refractivity contribution in [2.45, 2.75) is 4.90 Å². The van der Waals surface area contributed by atoms with Crippen LogP contribution < -0.4 is 5.32 Å². The van der Waals surface area contributed by atoms with Gasteiger partial charge in [-0.15, -0.1) is 11.3 Å². The molecule has 0 amide bonds. The molecule has 0 saturated heterocycles. The maximum absolute atomic E-state index is 11.5. The molecule has 136 valence electrons. The van der Waals surface area contributed by atoms with Gasteiger partial charge in [0.1, 0.15) is 28.9 Å². The zero-order valence-electron chi connectivity index (χ0n) is 13.9. The van der Waals surface area contributed by atoms with Crippen LogP contribution in [-0.4, -0.2) is 18.0 Å². The molecule has 0 atom stereocenters. The van der Waals surface area contributed by atoms with Crippen LogP contribution in [0.4, 0.5) is 5.69 Å². The van der Waals surface area contributed by atoms with E-state index in [-0.39, 0.29) is 16.3 Å². The molecule has 3 rings (SSSR count). The molecule has 0 aliphatic carbocycles. The smallest absolute Gasteiger partial charge is 0.294 e. The zero-order valence-corrected chi connectivity index (χ0v) is 15.5. The average molecular weight is 407 g/mol. The van der Waals surface area contributed by atoms with E-state index in [1.54, 1.807) is 24.3 Å². The summed E-state index contributed by atoms with van der Waals surface area (Å²) in [6.07, 6.45) is 0. The summed E-state index contributed by atoms with van der Waals surface area (Å²) in [6.45, 7) is 0. The summed E-state index contributed by atoms with van der Waals surface area (Å²) in [7, 11) is -4.47. The molecule has 28 heavy (non-hydrogen) atoms. The highest BCUT2D eigenvalue weighted by Crippen LogP contribution is 2.36. The number of aromatic nitrogens is 1. The number of anilines is 1. The first-order valence-corrected chi connectivity index (χ1v) is 9.82. The molecule has 10 heteroatoms. The second-order valence-corrected chi connectivity index (χ2v) is 7.83. The predicted octanol–water partition coefficient (Wildman–Crippen LogP) is 3.45. The van der Waals surface area contributed by atoms with Gasteiger partial charge in [0, 0.05) is 11.3 Å². The van der Waals surface area contributed by atoms with Crippen LogP contribution in [0.2, 0.25) is 0 Å². The lowest BCUT2D eigenvalue weighted by Crippen LogP contribution is -2.04. The third-order valence-electron chi connectivity index (χ3n) is 3.66. The van der Waals surface area contributed by atoms with Crippen molar-refractivity contribution in [3.8, 4) is 28.8 Å². The second-order valence-electron chi connectivity index (χ2n) is 5.38. The Morgan fingerprint density at radius 1 is 1.07 bits per heavy atom. The molecule has 0 aliphatic rings. The predicted molar refractivity (Wildman–Crippen MR) is 102 cm³/mol. The number of hydrogen-bond acceptors (Lipinski definition) is 8. The minimum Gasteiger partial charge on any atom is -0.345 e. The van der Waals surface area contributed by atoms with Gasteiger partial charge in [-0.3, -0.25) is 4.55 Å². The van der Waals surface area contributed by atoms with Crippen LogP contribution in [0.15, 0.2) is 58.6 Å². The molecule has 0 unspecified atom stereocenters. The fourth-order valence-electron chi connectivity index (χ4n) is 2.37. The maximum Gasteiger partial charge on any atom is 0.294 e. The fourth-order valence-corrected chi connectivity index (χ4v) is 3.88. The summed E-state index contributed by atoms with van der Waals surface area (Å²) in [4.78, 5) is 4.11. The highest BCUT2D eigenvalue weighted by atomic mass is 32.2. The topological polar surface area (TPSA) is 151 Å². The van der Waals surface area contributed by atoms with E-state index in [1.165, 1.54) is 23.5 Å². The number of rotatable bonds is 4. The summed E-state index contributed by atoms with van der Waals surface area (Å²) < 4.78 is 33.3. The minimum atomic E-state index is -4.47. The Hall–Kier alpha value is -3.75. The number of benzene rings is 2. The number of allylic oxidation sites excluding steroid dienone is 2. The Morgan fingerprint density at radius 2 is 1.79 bits per heavy atom. The van der Waals surface area contributed by atoms with Crippen LogP contribution in [0.25, 0.3) is 20.8 Å². The zero-order chi connectivity index (χ0) is 20.3. The molecule has 0 fully saturated rings. The summed E-state index contributed by atoms with van der Waals surface area (Å²) in [5, 5.41) is 30.4. The molecule has 2 N–H and O–H groups in total. The van der Waals surface area contributed by atoms with Gasteiger partial charge in [-0.25, -0.2) is 4.98 Å². The number of fused-ring (bicyclic) bond motifs is 1. The highest BCUT2D eigenvalue weighted by Gasteiger charge is 2.18. The molecule has 0 bridgehead atoms. The lowest BCUT2D eigenvalue weighted by molar-refractivity contribution is 0.483. The Balaban J connectivity index is 2.24. The van der Waals surface area contributed by atoms with Gasteiger partial charge in [0.05, 0.1) is 15.1 Å². The number of hydrogen-bond donors (Lipinski definition) is 2. The van der Waals surface area contributed by atoms with E-state index in [0.29, 0.717) is 16.1 Å².